The van der Waals surface area contributed by atoms with Crippen molar-refractivity contribution in [1.82, 2.24) is 10.2 Å². The van der Waals surface area contributed by atoms with E-state index in [0.717, 1.165) is 5.56 Å². The molecule has 3 rings (SSSR count). The largest absolute Gasteiger partial charge is 0.493 e. The van der Waals surface area contributed by atoms with Crippen LogP contribution in [0.4, 0.5) is 17.3 Å². The zero-order chi connectivity index (χ0) is 21.7. The third-order valence-electron chi connectivity index (χ3n) is 4.34. The molecule has 1 heterocycles. The van der Waals surface area contributed by atoms with E-state index in [9.17, 15) is 4.79 Å². The molecule has 0 spiro atoms. The summed E-state index contributed by atoms with van der Waals surface area (Å²) in [5, 5.41) is 13.7. The number of ether oxygens (including phenoxy) is 3. The number of H-pyrrole nitrogens is 1. The van der Waals surface area contributed by atoms with Gasteiger partial charge in [0.25, 0.3) is 5.91 Å². The third kappa shape index (κ3) is 4.36. The molecule has 9 nitrogen and oxygen atoms in total. The van der Waals surface area contributed by atoms with Crippen LogP contribution >= 0.6 is 11.6 Å². The molecule has 0 saturated heterocycles. The minimum absolute atomic E-state index is 0.189. The van der Waals surface area contributed by atoms with Gasteiger partial charge in [-0.25, -0.2) is 0 Å². The van der Waals surface area contributed by atoms with E-state index < -0.39 is 5.91 Å². The number of aromatic amines is 1. The standard InChI is InChI=1S/C20H22ClN5O4/c1-28-14-8-7-11(16(29-2)17(14)30-3)10-23-19-15(18(22)27)20(26-25-19)24-13-6-4-5-12(21)9-13/h4-9H,10H2,1-3H3,(H2,22,27)(H3,23,24,25,26). The summed E-state index contributed by atoms with van der Waals surface area (Å²) in [6.45, 7) is 0.297. The molecule has 30 heavy (non-hydrogen) atoms. The van der Waals surface area contributed by atoms with E-state index in [1.165, 1.54) is 14.2 Å². The molecule has 0 atom stereocenters. The first-order chi connectivity index (χ1) is 14.5. The van der Waals surface area contributed by atoms with Crippen LogP contribution in [-0.4, -0.2) is 37.4 Å². The maximum atomic E-state index is 12.1. The SMILES string of the molecule is COc1ccc(CNc2n[nH]c(Nc3cccc(Cl)c3)c2C(N)=O)c(OC)c1OC. The number of hydrogen-bond donors (Lipinski definition) is 4. The molecule has 10 heteroatoms. The normalized spacial score (nSPS) is 10.4. The van der Waals surface area contributed by atoms with Gasteiger partial charge in [0.15, 0.2) is 17.3 Å². The zero-order valence-corrected chi connectivity index (χ0v) is 17.5. The number of rotatable bonds is 9. The molecule has 0 radical (unpaired) electrons. The van der Waals surface area contributed by atoms with Crippen molar-refractivity contribution in [2.24, 2.45) is 5.73 Å². The topological polar surface area (TPSA) is 124 Å². The number of anilines is 3. The fourth-order valence-electron chi connectivity index (χ4n) is 2.99. The summed E-state index contributed by atoms with van der Waals surface area (Å²) < 4.78 is 16.2. The van der Waals surface area contributed by atoms with Crippen LogP contribution in [0.3, 0.4) is 0 Å². The van der Waals surface area contributed by atoms with Gasteiger partial charge in [-0.2, -0.15) is 5.10 Å². The average Bonchev–Trinajstić information content (AvgIpc) is 3.13. The second-order valence-corrected chi connectivity index (χ2v) is 6.61. The molecule has 1 amide bonds. The van der Waals surface area contributed by atoms with Crippen molar-refractivity contribution < 1.29 is 19.0 Å². The van der Waals surface area contributed by atoms with Gasteiger partial charge in [-0.15, -0.1) is 0 Å². The highest BCUT2D eigenvalue weighted by Gasteiger charge is 2.20. The number of carbonyl (C=O) groups excluding carboxylic acids is 1. The highest BCUT2D eigenvalue weighted by Crippen LogP contribution is 2.40. The van der Waals surface area contributed by atoms with Crippen molar-refractivity contribution in [2.45, 2.75) is 6.54 Å². The fourth-order valence-corrected chi connectivity index (χ4v) is 3.18. The first-order valence-corrected chi connectivity index (χ1v) is 9.28. The molecule has 0 bridgehead atoms. The van der Waals surface area contributed by atoms with Gasteiger partial charge in [0.05, 0.1) is 21.3 Å². The first kappa shape index (κ1) is 21.1. The van der Waals surface area contributed by atoms with E-state index in [0.29, 0.717) is 46.1 Å². The second kappa shape index (κ2) is 9.27. The number of aromatic nitrogens is 2. The molecule has 3 aromatic rings. The van der Waals surface area contributed by atoms with Gasteiger partial charge >= 0.3 is 0 Å². The molecular formula is C20H22ClN5O4. The second-order valence-electron chi connectivity index (χ2n) is 6.17. The summed E-state index contributed by atoms with van der Waals surface area (Å²) in [6.07, 6.45) is 0. The highest BCUT2D eigenvalue weighted by atomic mass is 35.5. The lowest BCUT2D eigenvalue weighted by Crippen LogP contribution is -2.15. The molecule has 0 fully saturated rings. The minimum Gasteiger partial charge on any atom is -0.493 e. The van der Waals surface area contributed by atoms with Crippen LogP contribution in [0.1, 0.15) is 15.9 Å². The predicted octanol–water partition coefficient (Wildman–Crippen LogP) is 3.54. The lowest BCUT2D eigenvalue weighted by Gasteiger charge is -2.16. The highest BCUT2D eigenvalue weighted by molar-refractivity contribution is 6.30. The Kier molecular flexibility index (Phi) is 6.53. The number of amides is 1. The number of nitrogens with one attached hydrogen (secondary N) is 3. The molecular weight excluding hydrogens is 410 g/mol. The van der Waals surface area contributed by atoms with Gasteiger partial charge in [-0.1, -0.05) is 17.7 Å². The predicted molar refractivity (Wildman–Crippen MR) is 115 cm³/mol. The van der Waals surface area contributed by atoms with Gasteiger partial charge in [-0.3, -0.25) is 9.89 Å². The third-order valence-corrected chi connectivity index (χ3v) is 4.57. The molecule has 2 aromatic carbocycles. The number of primary amides is 1. The molecule has 0 aliphatic rings. The molecule has 1 aromatic heterocycles. The van der Waals surface area contributed by atoms with E-state index in [1.807, 2.05) is 6.07 Å². The summed E-state index contributed by atoms with van der Waals surface area (Å²) in [4.78, 5) is 12.1. The van der Waals surface area contributed by atoms with E-state index in [4.69, 9.17) is 31.5 Å². The van der Waals surface area contributed by atoms with Crippen LogP contribution in [0.15, 0.2) is 36.4 Å². The summed E-state index contributed by atoms with van der Waals surface area (Å²) in [5.74, 6) is 1.53. The van der Waals surface area contributed by atoms with Crippen molar-refractivity contribution in [1.29, 1.82) is 0 Å². The van der Waals surface area contributed by atoms with Crippen LogP contribution in [0.5, 0.6) is 17.2 Å². The first-order valence-electron chi connectivity index (χ1n) is 8.91. The molecule has 0 unspecified atom stereocenters. The Balaban J connectivity index is 1.86. The van der Waals surface area contributed by atoms with Gasteiger partial charge in [0, 0.05) is 22.8 Å². The van der Waals surface area contributed by atoms with Crippen LogP contribution in [-0.2, 0) is 6.54 Å². The lowest BCUT2D eigenvalue weighted by molar-refractivity contribution is 0.100. The maximum absolute atomic E-state index is 12.1. The summed E-state index contributed by atoms with van der Waals surface area (Å²) >= 11 is 6.01. The zero-order valence-electron chi connectivity index (χ0n) is 16.7. The Bertz CT molecular complexity index is 1050. The van der Waals surface area contributed by atoms with E-state index >= 15 is 0 Å². The maximum Gasteiger partial charge on any atom is 0.256 e. The van der Waals surface area contributed by atoms with Crippen molar-refractivity contribution in [3.8, 4) is 17.2 Å². The van der Waals surface area contributed by atoms with Gasteiger partial charge in [0.2, 0.25) is 5.75 Å². The Morgan fingerprint density at radius 1 is 1.13 bits per heavy atom. The van der Waals surface area contributed by atoms with Gasteiger partial charge < -0.3 is 30.6 Å². The Morgan fingerprint density at radius 2 is 1.90 bits per heavy atom. The molecule has 5 N–H and O–H groups in total. The number of hydrogen-bond acceptors (Lipinski definition) is 7. The molecule has 0 aliphatic carbocycles. The van der Waals surface area contributed by atoms with Crippen LogP contribution in [0, 0.1) is 0 Å². The quantitative estimate of drug-likeness (QED) is 0.408. The number of halogens is 1. The molecule has 158 valence electrons. The van der Waals surface area contributed by atoms with E-state index in [2.05, 4.69) is 20.8 Å². The van der Waals surface area contributed by atoms with E-state index in [1.54, 1.807) is 37.4 Å². The summed E-state index contributed by atoms with van der Waals surface area (Å²) in [7, 11) is 4.62. The summed E-state index contributed by atoms with van der Waals surface area (Å²) in [6, 6.07) is 10.7. The number of methoxy groups -OCH3 is 3. The number of benzene rings is 2. The van der Waals surface area contributed by atoms with Gasteiger partial charge in [0.1, 0.15) is 11.4 Å². The minimum atomic E-state index is -0.643. The summed E-state index contributed by atoms with van der Waals surface area (Å²) in [5.41, 5.74) is 7.23. The van der Waals surface area contributed by atoms with Crippen molar-refractivity contribution in [3.63, 3.8) is 0 Å². The smallest absolute Gasteiger partial charge is 0.256 e. The molecule has 0 aliphatic heterocycles. The van der Waals surface area contributed by atoms with Crippen molar-refractivity contribution in [2.75, 3.05) is 32.0 Å². The van der Waals surface area contributed by atoms with Crippen molar-refractivity contribution in [3.05, 3.63) is 52.5 Å². The van der Waals surface area contributed by atoms with Gasteiger partial charge in [-0.05, 0) is 30.3 Å². The number of nitrogens with zero attached hydrogens (tertiary/aromatic N) is 1. The van der Waals surface area contributed by atoms with E-state index in [-0.39, 0.29) is 5.56 Å². The monoisotopic (exact) mass is 431 g/mol. The Hall–Kier alpha value is -3.59. The fraction of sp³-hybridized carbons (Fsp3) is 0.200. The van der Waals surface area contributed by atoms with Crippen LogP contribution in [0.25, 0.3) is 0 Å². The number of nitrogens with two attached hydrogens (primary N) is 1. The number of carbonyl (C=O) groups is 1. The van der Waals surface area contributed by atoms with Crippen molar-refractivity contribution >= 4 is 34.8 Å². The molecule has 0 saturated carbocycles. The van der Waals surface area contributed by atoms with Crippen LogP contribution in [0.2, 0.25) is 5.02 Å². The Morgan fingerprint density at radius 3 is 2.53 bits per heavy atom. The average molecular weight is 432 g/mol. The lowest BCUT2D eigenvalue weighted by atomic mass is 10.1. The Labute approximate surface area is 178 Å². The van der Waals surface area contributed by atoms with Crippen LogP contribution < -0.4 is 30.6 Å².